The van der Waals surface area contributed by atoms with Crippen LogP contribution in [0.5, 0.6) is 0 Å². The Morgan fingerprint density at radius 1 is 1.53 bits per heavy atom. The van der Waals surface area contributed by atoms with Crippen molar-refractivity contribution in [3.63, 3.8) is 0 Å². The second-order valence-corrected chi connectivity index (χ2v) is 5.46. The Hall–Kier alpha value is -1.20. The molecule has 0 aromatic heterocycles. The van der Waals surface area contributed by atoms with Crippen molar-refractivity contribution in [2.24, 2.45) is 11.7 Å². The third kappa shape index (κ3) is 3.04. The molecular formula is C14H19FN2OS. The lowest BCUT2D eigenvalue weighted by molar-refractivity contribution is 0.0497. The number of piperidine rings is 1. The number of thiocarbonyl (C=S) groups is 1. The van der Waals surface area contributed by atoms with Crippen LogP contribution < -0.4 is 10.6 Å². The molecule has 0 radical (unpaired) electrons. The summed E-state index contributed by atoms with van der Waals surface area (Å²) in [6.07, 6.45) is 1.14. The standard InChI is InChI=1S/C14H19FN2OS/c1-9-5-6-17(8-13(9)18-2)12-4-3-10(14(16)19)7-11(12)15/h3-4,7,9,13H,5-6,8H2,1-2H3,(H2,16,19). The Labute approximate surface area is 118 Å². The van der Waals surface area contributed by atoms with Crippen LogP contribution in [-0.2, 0) is 4.74 Å². The van der Waals surface area contributed by atoms with Gasteiger partial charge in [-0.3, -0.25) is 0 Å². The smallest absolute Gasteiger partial charge is 0.147 e. The molecule has 5 heteroatoms. The predicted molar refractivity (Wildman–Crippen MR) is 79.1 cm³/mol. The minimum atomic E-state index is -0.283. The van der Waals surface area contributed by atoms with Gasteiger partial charge in [0.2, 0.25) is 0 Å². The second-order valence-electron chi connectivity index (χ2n) is 5.02. The largest absolute Gasteiger partial charge is 0.389 e. The fraction of sp³-hybridized carbons (Fsp3) is 0.500. The number of nitrogens with two attached hydrogens (primary N) is 1. The van der Waals surface area contributed by atoms with E-state index in [1.54, 1.807) is 19.2 Å². The van der Waals surface area contributed by atoms with Gasteiger partial charge >= 0.3 is 0 Å². The number of hydrogen-bond acceptors (Lipinski definition) is 3. The summed E-state index contributed by atoms with van der Waals surface area (Å²) >= 11 is 4.85. The third-order valence-corrected chi connectivity index (χ3v) is 4.00. The zero-order valence-electron chi connectivity index (χ0n) is 11.2. The molecule has 1 aliphatic rings. The summed E-state index contributed by atoms with van der Waals surface area (Å²) < 4.78 is 19.6. The molecule has 1 aromatic carbocycles. The van der Waals surface area contributed by atoms with Crippen molar-refractivity contribution in [1.29, 1.82) is 0 Å². The Kier molecular flexibility index (Phi) is 4.37. The van der Waals surface area contributed by atoms with Gasteiger partial charge in [-0.2, -0.15) is 0 Å². The molecule has 1 aliphatic heterocycles. The monoisotopic (exact) mass is 282 g/mol. The Bertz CT molecular complexity index is 481. The molecule has 1 fully saturated rings. The molecule has 0 aliphatic carbocycles. The first-order valence-corrected chi connectivity index (χ1v) is 6.81. The first-order chi connectivity index (χ1) is 9.02. The zero-order valence-corrected chi connectivity index (χ0v) is 12.0. The molecule has 1 saturated heterocycles. The van der Waals surface area contributed by atoms with Crippen LogP contribution >= 0.6 is 12.2 Å². The normalized spacial score (nSPS) is 23.4. The van der Waals surface area contributed by atoms with E-state index in [0.29, 0.717) is 23.7 Å². The molecule has 2 rings (SSSR count). The van der Waals surface area contributed by atoms with E-state index in [4.69, 9.17) is 22.7 Å². The van der Waals surface area contributed by atoms with E-state index >= 15 is 0 Å². The maximum Gasteiger partial charge on any atom is 0.147 e. The highest BCUT2D eigenvalue weighted by atomic mass is 32.1. The van der Waals surface area contributed by atoms with Crippen LogP contribution in [0.25, 0.3) is 0 Å². The molecule has 1 heterocycles. The highest BCUT2D eigenvalue weighted by Crippen LogP contribution is 2.27. The van der Waals surface area contributed by atoms with Crippen LogP contribution in [0.1, 0.15) is 18.9 Å². The summed E-state index contributed by atoms with van der Waals surface area (Å²) in [5.74, 6) is 0.218. The van der Waals surface area contributed by atoms with Gasteiger partial charge in [0.1, 0.15) is 10.8 Å². The van der Waals surface area contributed by atoms with E-state index < -0.39 is 0 Å². The van der Waals surface area contributed by atoms with Crippen molar-refractivity contribution in [3.05, 3.63) is 29.6 Å². The topological polar surface area (TPSA) is 38.5 Å². The zero-order chi connectivity index (χ0) is 14.0. The van der Waals surface area contributed by atoms with E-state index in [1.165, 1.54) is 6.07 Å². The van der Waals surface area contributed by atoms with Crippen LogP contribution in [0.2, 0.25) is 0 Å². The lowest BCUT2D eigenvalue weighted by Crippen LogP contribution is -2.44. The highest BCUT2D eigenvalue weighted by Gasteiger charge is 2.27. The number of methoxy groups -OCH3 is 1. The number of nitrogens with zero attached hydrogens (tertiary/aromatic N) is 1. The third-order valence-electron chi connectivity index (χ3n) is 3.77. The van der Waals surface area contributed by atoms with E-state index in [9.17, 15) is 4.39 Å². The Morgan fingerprint density at radius 2 is 2.26 bits per heavy atom. The molecule has 19 heavy (non-hydrogen) atoms. The van der Waals surface area contributed by atoms with Gasteiger partial charge in [-0.15, -0.1) is 0 Å². The van der Waals surface area contributed by atoms with Crippen molar-refractivity contribution in [3.8, 4) is 0 Å². The average Bonchev–Trinajstić information content (AvgIpc) is 2.39. The van der Waals surface area contributed by atoms with Gasteiger partial charge in [0, 0.05) is 25.8 Å². The summed E-state index contributed by atoms with van der Waals surface area (Å²) in [4.78, 5) is 2.24. The highest BCUT2D eigenvalue weighted by molar-refractivity contribution is 7.80. The van der Waals surface area contributed by atoms with E-state index in [2.05, 4.69) is 6.92 Å². The molecular weight excluding hydrogens is 263 g/mol. The summed E-state index contributed by atoms with van der Waals surface area (Å²) in [7, 11) is 1.71. The first kappa shape index (κ1) is 14.2. The number of ether oxygens (including phenoxy) is 1. The van der Waals surface area contributed by atoms with E-state index in [1.807, 2.05) is 4.90 Å². The summed E-state index contributed by atoms with van der Waals surface area (Å²) in [5.41, 5.74) is 6.66. The Balaban J connectivity index is 2.20. The molecule has 2 N–H and O–H groups in total. The fourth-order valence-electron chi connectivity index (χ4n) is 2.48. The van der Waals surface area contributed by atoms with Crippen molar-refractivity contribution in [1.82, 2.24) is 0 Å². The van der Waals surface area contributed by atoms with Crippen LogP contribution in [-0.4, -0.2) is 31.3 Å². The van der Waals surface area contributed by atoms with Crippen LogP contribution in [0.4, 0.5) is 10.1 Å². The summed E-state index contributed by atoms with van der Waals surface area (Å²) in [5, 5.41) is 0. The number of hydrogen-bond donors (Lipinski definition) is 1. The minimum Gasteiger partial charge on any atom is -0.389 e. The molecule has 1 aromatic rings. The van der Waals surface area contributed by atoms with Gasteiger partial charge in [-0.05, 0) is 30.5 Å². The van der Waals surface area contributed by atoms with Crippen molar-refractivity contribution in [2.75, 3.05) is 25.1 Å². The van der Waals surface area contributed by atoms with Gasteiger partial charge in [-0.1, -0.05) is 19.1 Å². The SMILES string of the molecule is COC1CN(c2ccc(C(N)=S)cc2F)CCC1C. The second kappa shape index (κ2) is 5.84. The van der Waals surface area contributed by atoms with Gasteiger partial charge in [0.25, 0.3) is 0 Å². The molecule has 104 valence electrons. The van der Waals surface area contributed by atoms with E-state index in [0.717, 1.165) is 13.0 Å². The van der Waals surface area contributed by atoms with Crippen molar-refractivity contribution in [2.45, 2.75) is 19.4 Å². The lowest BCUT2D eigenvalue weighted by Gasteiger charge is -2.37. The van der Waals surface area contributed by atoms with Gasteiger partial charge < -0.3 is 15.4 Å². The minimum absolute atomic E-state index is 0.142. The molecule has 2 unspecified atom stereocenters. The molecule has 0 bridgehead atoms. The van der Waals surface area contributed by atoms with Gasteiger partial charge in [0.15, 0.2) is 0 Å². The number of anilines is 1. The first-order valence-electron chi connectivity index (χ1n) is 6.40. The maximum atomic E-state index is 14.1. The number of halogens is 1. The number of benzene rings is 1. The lowest BCUT2D eigenvalue weighted by atomic mass is 9.95. The molecule has 2 atom stereocenters. The fourth-order valence-corrected chi connectivity index (χ4v) is 2.60. The maximum absolute atomic E-state index is 14.1. The summed E-state index contributed by atoms with van der Waals surface area (Å²) in [6.45, 7) is 3.71. The van der Waals surface area contributed by atoms with Crippen molar-refractivity contribution >= 4 is 22.9 Å². The predicted octanol–water partition coefficient (Wildman–Crippen LogP) is 2.32. The molecule has 0 saturated carbocycles. The molecule has 0 spiro atoms. The van der Waals surface area contributed by atoms with Crippen LogP contribution in [0.3, 0.4) is 0 Å². The quantitative estimate of drug-likeness (QED) is 0.864. The van der Waals surface area contributed by atoms with Crippen LogP contribution in [0.15, 0.2) is 18.2 Å². The van der Waals surface area contributed by atoms with Crippen LogP contribution in [0, 0.1) is 11.7 Å². The average molecular weight is 282 g/mol. The molecule has 3 nitrogen and oxygen atoms in total. The number of rotatable bonds is 3. The van der Waals surface area contributed by atoms with Crippen molar-refractivity contribution < 1.29 is 9.13 Å². The van der Waals surface area contributed by atoms with E-state index in [-0.39, 0.29) is 16.9 Å². The van der Waals surface area contributed by atoms with Gasteiger partial charge in [0.05, 0.1) is 11.8 Å². The van der Waals surface area contributed by atoms with Gasteiger partial charge in [-0.25, -0.2) is 4.39 Å². The Morgan fingerprint density at radius 3 is 2.84 bits per heavy atom. The molecule has 0 amide bonds. The summed E-state index contributed by atoms with van der Waals surface area (Å²) in [6, 6.07) is 4.91.